The number of amides is 3. The molecule has 3 amide bonds. The smallest absolute Gasteiger partial charge is 0.326 e. The van der Waals surface area contributed by atoms with Gasteiger partial charge in [-0.05, 0) is 37.2 Å². The molecule has 0 aliphatic carbocycles. The van der Waals surface area contributed by atoms with Crippen molar-refractivity contribution in [2.45, 2.75) is 63.7 Å². The molecule has 0 heterocycles. The van der Waals surface area contributed by atoms with Crippen LogP contribution in [-0.2, 0) is 25.6 Å². The lowest BCUT2D eigenvalue weighted by Gasteiger charge is -2.25. The summed E-state index contributed by atoms with van der Waals surface area (Å²) in [6.45, 7) is 3.87. The zero-order valence-electron chi connectivity index (χ0n) is 21.2. The van der Waals surface area contributed by atoms with Crippen LogP contribution < -0.4 is 33.2 Å². The van der Waals surface area contributed by atoms with Crippen molar-refractivity contribution in [2.24, 2.45) is 28.1 Å². The van der Waals surface area contributed by atoms with Gasteiger partial charge in [-0.25, -0.2) is 4.79 Å². The van der Waals surface area contributed by atoms with E-state index in [1.54, 1.807) is 0 Å². The van der Waals surface area contributed by atoms with Crippen molar-refractivity contribution in [3.63, 3.8) is 0 Å². The second-order valence-corrected chi connectivity index (χ2v) is 9.44. The highest BCUT2D eigenvalue weighted by atomic mass is 32.1. The fraction of sp³-hybridized carbons (Fsp3) is 0.542. The molecule has 0 aliphatic heterocycles. The van der Waals surface area contributed by atoms with Crippen molar-refractivity contribution in [1.29, 1.82) is 0 Å². The van der Waals surface area contributed by atoms with E-state index in [-0.39, 0.29) is 43.4 Å². The number of nitrogens with two attached hydrogens (primary N) is 3. The number of hydrogen-bond donors (Lipinski definition) is 8. The molecular weight excluding hydrogens is 498 g/mol. The lowest BCUT2D eigenvalue weighted by molar-refractivity contribution is -0.142. The maximum absolute atomic E-state index is 13.0. The Morgan fingerprint density at radius 1 is 0.946 bits per heavy atom. The SMILES string of the molecule is CC(C)CC(NC(=O)C(CCCN=C(N)N)NC(=O)C(CS)NC(=O)C(N)Cc1ccccc1)C(=O)O. The molecule has 0 fully saturated rings. The Hall–Kier alpha value is -3.32. The molecule has 12 nitrogen and oxygen atoms in total. The van der Waals surface area contributed by atoms with Crippen LogP contribution in [0.3, 0.4) is 0 Å². The van der Waals surface area contributed by atoms with E-state index in [1.165, 1.54) is 0 Å². The third-order valence-electron chi connectivity index (χ3n) is 5.35. The van der Waals surface area contributed by atoms with E-state index in [9.17, 15) is 24.3 Å². The van der Waals surface area contributed by atoms with E-state index >= 15 is 0 Å². The van der Waals surface area contributed by atoms with Crippen molar-refractivity contribution >= 4 is 42.3 Å². The minimum atomic E-state index is -1.18. The van der Waals surface area contributed by atoms with E-state index in [2.05, 4.69) is 33.6 Å². The number of nitrogens with zero attached hydrogens (tertiary/aromatic N) is 1. The summed E-state index contributed by atoms with van der Waals surface area (Å²) in [4.78, 5) is 54.0. The van der Waals surface area contributed by atoms with Gasteiger partial charge in [0.15, 0.2) is 5.96 Å². The standard InChI is InChI=1S/C24H39N7O5S/c1-14(2)11-18(23(35)36)30-21(33)17(9-6-10-28-24(26)27)29-22(34)19(13-37)31-20(32)16(25)12-15-7-4-3-5-8-15/h3-5,7-8,14,16-19,37H,6,9-13,25H2,1-2H3,(H,29,34)(H,30,33)(H,31,32)(H,35,36)(H4,26,27,28). The molecule has 0 aliphatic rings. The van der Waals surface area contributed by atoms with Gasteiger partial charge in [0.05, 0.1) is 6.04 Å². The highest BCUT2D eigenvalue weighted by molar-refractivity contribution is 7.80. The van der Waals surface area contributed by atoms with E-state index < -0.39 is 47.9 Å². The molecule has 0 saturated carbocycles. The van der Waals surface area contributed by atoms with Gasteiger partial charge in [-0.2, -0.15) is 12.6 Å². The maximum Gasteiger partial charge on any atom is 0.326 e. The van der Waals surface area contributed by atoms with Crippen LogP contribution in [-0.4, -0.2) is 71.2 Å². The summed E-state index contributed by atoms with van der Waals surface area (Å²) in [7, 11) is 0. The molecule has 0 bridgehead atoms. The normalized spacial score (nSPS) is 14.1. The molecule has 13 heteroatoms. The van der Waals surface area contributed by atoms with Crippen LogP contribution in [0, 0.1) is 5.92 Å². The van der Waals surface area contributed by atoms with Crippen molar-refractivity contribution < 1.29 is 24.3 Å². The molecule has 1 rings (SSSR count). The van der Waals surface area contributed by atoms with Crippen LogP contribution in [0.1, 0.15) is 38.7 Å². The number of aliphatic imine (C=N–C) groups is 1. The number of hydrogen-bond acceptors (Lipinski definition) is 7. The average molecular weight is 538 g/mol. The van der Waals surface area contributed by atoms with Crippen LogP contribution in [0.5, 0.6) is 0 Å². The molecule has 0 spiro atoms. The Balaban J connectivity index is 2.89. The Morgan fingerprint density at radius 3 is 2.05 bits per heavy atom. The second kappa shape index (κ2) is 16.4. The van der Waals surface area contributed by atoms with Gasteiger partial charge in [0.2, 0.25) is 17.7 Å². The van der Waals surface area contributed by atoms with Gasteiger partial charge >= 0.3 is 5.97 Å². The number of guanidine groups is 1. The third kappa shape index (κ3) is 12.5. The predicted octanol–water partition coefficient (Wildman–Crippen LogP) is -0.875. The lowest BCUT2D eigenvalue weighted by atomic mass is 10.0. The third-order valence-corrected chi connectivity index (χ3v) is 5.72. The molecule has 10 N–H and O–H groups in total. The first-order valence-electron chi connectivity index (χ1n) is 12.0. The summed E-state index contributed by atoms with van der Waals surface area (Å²) in [5.74, 6) is -3.21. The number of rotatable bonds is 16. The van der Waals surface area contributed by atoms with Gasteiger partial charge in [0, 0.05) is 12.3 Å². The van der Waals surface area contributed by atoms with Gasteiger partial charge in [-0.3, -0.25) is 19.4 Å². The molecule has 0 aromatic heterocycles. The van der Waals surface area contributed by atoms with E-state index in [1.807, 2.05) is 44.2 Å². The number of thiol groups is 1. The zero-order valence-corrected chi connectivity index (χ0v) is 22.1. The molecule has 4 unspecified atom stereocenters. The molecule has 0 radical (unpaired) electrons. The summed E-state index contributed by atoms with van der Waals surface area (Å²) >= 11 is 4.16. The highest BCUT2D eigenvalue weighted by Crippen LogP contribution is 2.08. The van der Waals surface area contributed by atoms with Gasteiger partial charge < -0.3 is 38.3 Å². The highest BCUT2D eigenvalue weighted by Gasteiger charge is 2.30. The van der Waals surface area contributed by atoms with Crippen molar-refractivity contribution in [2.75, 3.05) is 12.3 Å². The van der Waals surface area contributed by atoms with Crippen molar-refractivity contribution in [3.05, 3.63) is 35.9 Å². The fourth-order valence-corrected chi connectivity index (χ4v) is 3.70. The molecule has 0 saturated heterocycles. The van der Waals surface area contributed by atoms with Gasteiger partial charge in [-0.1, -0.05) is 44.2 Å². The first-order chi connectivity index (χ1) is 17.4. The Kier molecular flexibility index (Phi) is 14.1. The summed E-state index contributed by atoms with van der Waals surface area (Å²) in [5.41, 5.74) is 17.5. The Bertz CT molecular complexity index is 925. The lowest BCUT2D eigenvalue weighted by Crippen LogP contribution is -2.57. The molecular formula is C24H39N7O5S. The van der Waals surface area contributed by atoms with E-state index in [0.29, 0.717) is 6.42 Å². The molecule has 37 heavy (non-hydrogen) atoms. The van der Waals surface area contributed by atoms with Crippen LogP contribution in [0.25, 0.3) is 0 Å². The van der Waals surface area contributed by atoms with Gasteiger partial charge in [-0.15, -0.1) is 0 Å². The summed E-state index contributed by atoms with van der Waals surface area (Å²) in [5, 5.41) is 17.1. The first-order valence-corrected chi connectivity index (χ1v) is 12.7. The predicted molar refractivity (Wildman–Crippen MR) is 145 cm³/mol. The summed E-state index contributed by atoms with van der Waals surface area (Å²) < 4.78 is 0. The number of carboxylic acids is 1. The Labute approximate surface area is 222 Å². The van der Waals surface area contributed by atoms with Crippen LogP contribution in [0.4, 0.5) is 0 Å². The van der Waals surface area contributed by atoms with Gasteiger partial charge in [0.1, 0.15) is 18.1 Å². The average Bonchev–Trinajstić information content (AvgIpc) is 2.83. The number of aliphatic carboxylic acids is 1. The van der Waals surface area contributed by atoms with E-state index in [0.717, 1.165) is 5.56 Å². The molecule has 206 valence electrons. The van der Waals surface area contributed by atoms with Crippen molar-refractivity contribution in [3.8, 4) is 0 Å². The molecule has 4 atom stereocenters. The van der Waals surface area contributed by atoms with Crippen LogP contribution >= 0.6 is 12.6 Å². The largest absolute Gasteiger partial charge is 0.480 e. The molecule has 1 aromatic rings. The minimum absolute atomic E-state index is 0.0141. The first kappa shape index (κ1) is 31.7. The topological polar surface area (TPSA) is 215 Å². The Morgan fingerprint density at radius 2 is 1.51 bits per heavy atom. The number of carboxylic acid groups (broad SMARTS) is 1. The number of nitrogens with one attached hydrogen (secondary N) is 3. The number of carbonyl (C=O) groups excluding carboxylic acids is 3. The monoisotopic (exact) mass is 537 g/mol. The number of carbonyl (C=O) groups is 4. The van der Waals surface area contributed by atoms with E-state index in [4.69, 9.17) is 17.2 Å². The summed E-state index contributed by atoms with van der Waals surface area (Å²) in [6.07, 6.45) is 0.946. The quantitative estimate of drug-likeness (QED) is 0.0572. The maximum atomic E-state index is 13.0. The van der Waals surface area contributed by atoms with Crippen LogP contribution in [0.2, 0.25) is 0 Å². The summed E-state index contributed by atoms with van der Waals surface area (Å²) in [6, 6.07) is 5.00. The minimum Gasteiger partial charge on any atom is -0.480 e. The zero-order chi connectivity index (χ0) is 28.0. The fourth-order valence-electron chi connectivity index (χ4n) is 3.44. The van der Waals surface area contributed by atoms with Crippen LogP contribution in [0.15, 0.2) is 35.3 Å². The van der Waals surface area contributed by atoms with Crippen molar-refractivity contribution in [1.82, 2.24) is 16.0 Å². The van der Waals surface area contributed by atoms with Gasteiger partial charge in [0.25, 0.3) is 0 Å². The second-order valence-electron chi connectivity index (χ2n) is 9.08. The molecule has 1 aromatic carbocycles. The number of benzene rings is 1.